The number of para-hydroxylation sites is 1. The van der Waals surface area contributed by atoms with Gasteiger partial charge in [0.05, 0.1) is 29.2 Å². The number of methoxy groups -OCH3 is 1. The van der Waals surface area contributed by atoms with Crippen LogP contribution in [0.5, 0.6) is 5.75 Å². The third-order valence-corrected chi connectivity index (χ3v) is 6.54. The highest BCUT2D eigenvalue weighted by Gasteiger charge is 2.35. The summed E-state index contributed by atoms with van der Waals surface area (Å²) in [6.45, 7) is 6.83. The van der Waals surface area contributed by atoms with Crippen molar-refractivity contribution >= 4 is 23.3 Å². The maximum Gasteiger partial charge on any atom is 0.271 e. The summed E-state index contributed by atoms with van der Waals surface area (Å²) >= 11 is 1.28. The van der Waals surface area contributed by atoms with Gasteiger partial charge in [-0.1, -0.05) is 29.5 Å². The molecule has 1 aliphatic heterocycles. The van der Waals surface area contributed by atoms with Crippen LogP contribution < -0.4 is 19.6 Å². The fourth-order valence-electron chi connectivity index (χ4n) is 3.97. The standard InChI is InChI=1S/C24H25N3O4S/c1-5-26(6-2)23(29)20-15(3)25-24-27(21(20)17-11-7-8-12-18(17)30-4)22(28)19(32-24)14-16-10-9-13-31-16/h7-14,21H,5-6H2,1-4H3/b19-14+/t21-/m0/s1. The third kappa shape index (κ3) is 3.71. The van der Waals surface area contributed by atoms with Gasteiger partial charge in [-0.15, -0.1) is 0 Å². The van der Waals surface area contributed by atoms with Crippen LogP contribution in [0.15, 0.2) is 68.1 Å². The molecule has 1 aliphatic rings. The molecule has 0 N–H and O–H groups in total. The van der Waals surface area contributed by atoms with Crippen molar-refractivity contribution in [2.24, 2.45) is 4.99 Å². The number of carbonyl (C=O) groups is 1. The number of nitrogens with zero attached hydrogens (tertiary/aromatic N) is 3. The number of hydrogen-bond acceptors (Lipinski definition) is 6. The highest BCUT2D eigenvalue weighted by Crippen LogP contribution is 2.35. The number of carbonyl (C=O) groups excluding carboxylic acids is 1. The average molecular weight is 452 g/mol. The van der Waals surface area contributed by atoms with E-state index in [1.807, 2.05) is 45.0 Å². The summed E-state index contributed by atoms with van der Waals surface area (Å²) in [5.74, 6) is 1.06. The number of aromatic nitrogens is 1. The van der Waals surface area contributed by atoms with E-state index >= 15 is 0 Å². The molecule has 3 aromatic rings. The molecule has 8 heteroatoms. The molecule has 0 unspecified atom stereocenters. The summed E-state index contributed by atoms with van der Waals surface area (Å²) in [6.07, 6.45) is 3.26. The Balaban J connectivity index is 2.01. The van der Waals surface area contributed by atoms with Gasteiger partial charge >= 0.3 is 0 Å². The largest absolute Gasteiger partial charge is 0.496 e. The molecule has 0 fully saturated rings. The molecule has 0 radical (unpaired) electrons. The summed E-state index contributed by atoms with van der Waals surface area (Å²) in [5.41, 5.74) is 1.60. The van der Waals surface area contributed by atoms with Gasteiger partial charge in [0, 0.05) is 24.7 Å². The minimum atomic E-state index is -0.644. The number of amides is 1. The number of hydrogen-bond donors (Lipinski definition) is 0. The van der Waals surface area contributed by atoms with E-state index in [2.05, 4.69) is 4.99 Å². The second-order valence-corrected chi connectivity index (χ2v) is 8.33. The fraction of sp³-hybridized carbons (Fsp3) is 0.292. The van der Waals surface area contributed by atoms with E-state index in [0.29, 0.717) is 45.2 Å². The van der Waals surface area contributed by atoms with Crippen LogP contribution in [0.4, 0.5) is 0 Å². The van der Waals surface area contributed by atoms with Gasteiger partial charge in [-0.25, -0.2) is 4.99 Å². The predicted molar refractivity (Wildman–Crippen MR) is 123 cm³/mol. The molecule has 0 bridgehead atoms. The lowest BCUT2D eigenvalue weighted by Crippen LogP contribution is -2.43. The van der Waals surface area contributed by atoms with Crippen LogP contribution in [-0.2, 0) is 4.79 Å². The van der Waals surface area contributed by atoms with Crippen LogP contribution in [0.3, 0.4) is 0 Å². The van der Waals surface area contributed by atoms with Crippen molar-refractivity contribution in [3.8, 4) is 5.75 Å². The Morgan fingerprint density at radius 2 is 2.00 bits per heavy atom. The number of likely N-dealkylation sites (N-methyl/N-ethyl adjacent to an activating group) is 1. The predicted octanol–water partition coefficient (Wildman–Crippen LogP) is 2.71. The summed E-state index contributed by atoms with van der Waals surface area (Å²) in [7, 11) is 1.59. The first-order valence-corrected chi connectivity index (χ1v) is 11.3. The molecule has 166 valence electrons. The molecule has 32 heavy (non-hydrogen) atoms. The minimum Gasteiger partial charge on any atom is -0.496 e. The van der Waals surface area contributed by atoms with Gasteiger partial charge in [0.2, 0.25) is 0 Å². The molecular formula is C24H25N3O4S. The summed E-state index contributed by atoms with van der Waals surface area (Å²) in [5, 5.41) is 0. The topological polar surface area (TPSA) is 77.0 Å². The van der Waals surface area contributed by atoms with E-state index in [1.54, 1.807) is 41.0 Å². The normalized spacial score (nSPS) is 16.0. The van der Waals surface area contributed by atoms with Crippen molar-refractivity contribution < 1.29 is 13.9 Å². The fourth-order valence-corrected chi connectivity index (χ4v) is 4.99. The highest BCUT2D eigenvalue weighted by molar-refractivity contribution is 7.07. The molecule has 0 saturated carbocycles. The molecule has 0 spiro atoms. The SMILES string of the molecule is CCN(CC)C(=O)C1=C(C)N=c2s/c(=C/c3ccco3)c(=O)n2[C@H]1c1ccccc1OC. The van der Waals surface area contributed by atoms with Crippen LogP contribution >= 0.6 is 11.3 Å². The number of fused-ring (bicyclic) bond motifs is 1. The first kappa shape index (κ1) is 21.8. The Morgan fingerprint density at radius 3 is 2.66 bits per heavy atom. The number of benzene rings is 1. The van der Waals surface area contributed by atoms with Crippen LogP contribution in [0.25, 0.3) is 6.08 Å². The molecule has 3 heterocycles. The van der Waals surface area contributed by atoms with Gasteiger partial charge in [0.25, 0.3) is 11.5 Å². The lowest BCUT2D eigenvalue weighted by Gasteiger charge is -2.29. The van der Waals surface area contributed by atoms with Crippen LogP contribution in [0, 0.1) is 0 Å². The number of allylic oxidation sites excluding steroid dienone is 1. The smallest absolute Gasteiger partial charge is 0.271 e. The van der Waals surface area contributed by atoms with E-state index in [-0.39, 0.29) is 11.5 Å². The van der Waals surface area contributed by atoms with Gasteiger partial charge in [-0.05, 0) is 39.0 Å². The maximum absolute atomic E-state index is 13.6. The van der Waals surface area contributed by atoms with Crippen molar-refractivity contribution in [1.29, 1.82) is 0 Å². The summed E-state index contributed by atoms with van der Waals surface area (Å²) in [6, 6.07) is 10.4. The second kappa shape index (κ2) is 9.00. The Bertz CT molecular complexity index is 1340. The van der Waals surface area contributed by atoms with Gasteiger partial charge in [0.1, 0.15) is 17.6 Å². The average Bonchev–Trinajstić information content (AvgIpc) is 3.41. The van der Waals surface area contributed by atoms with E-state index < -0.39 is 6.04 Å². The molecule has 0 aliphatic carbocycles. The molecular weight excluding hydrogens is 426 g/mol. The Hall–Kier alpha value is -3.39. The molecule has 2 aromatic heterocycles. The van der Waals surface area contributed by atoms with Crippen molar-refractivity contribution in [1.82, 2.24) is 9.47 Å². The maximum atomic E-state index is 13.6. The van der Waals surface area contributed by atoms with E-state index in [1.165, 1.54) is 11.3 Å². The monoisotopic (exact) mass is 451 g/mol. The van der Waals surface area contributed by atoms with Gasteiger partial charge in [0.15, 0.2) is 4.80 Å². The lowest BCUT2D eigenvalue weighted by atomic mass is 9.94. The Morgan fingerprint density at radius 1 is 1.25 bits per heavy atom. The zero-order valence-corrected chi connectivity index (χ0v) is 19.3. The summed E-state index contributed by atoms with van der Waals surface area (Å²) in [4.78, 5) is 34.1. The quantitative estimate of drug-likeness (QED) is 0.577. The summed E-state index contributed by atoms with van der Waals surface area (Å²) < 4.78 is 13.1. The van der Waals surface area contributed by atoms with Gasteiger partial charge in [-0.2, -0.15) is 0 Å². The molecule has 4 rings (SSSR count). The van der Waals surface area contributed by atoms with Crippen molar-refractivity contribution in [3.05, 3.63) is 84.9 Å². The molecule has 1 atom stereocenters. The number of rotatable bonds is 6. The number of thiazole rings is 1. The van der Waals surface area contributed by atoms with Crippen LogP contribution in [-0.4, -0.2) is 35.6 Å². The first-order valence-electron chi connectivity index (χ1n) is 10.5. The van der Waals surface area contributed by atoms with Crippen molar-refractivity contribution in [2.45, 2.75) is 26.8 Å². The zero-order chi connectivity index (χ0) is 22.8. The van der Waals surface area contributed by atoms with E-state index in [4.69, 9.17) is 9.15 Å². The van der Waals surface area contributed by atoms with E-state index in [9.17, 15) is 9.59 Å². The van der Waals surface area contributed by atoms with E-state index in [0.717, 1.165) is 5.56 Å². The number of furan rings is 1. The molecule has 7 nitrogen and oxygen atoms in total. The molecule has 1 amide bonds. The first-order chi connectivity index (χ1) is 15.5. The van der Waals surface area contributed by atoms with Crippen molar-refractivity contribution in [3.63, 3.8) is 0 Å². The lowest BCUT2D eigenvalue weighted by molar-refractivity contribution is -0.127. The number of ether oxygens (including phenoxy) is 1. The Labute approximate surface area is 189 Å². The van der Waals surface area contributed by atoms with Gasteiger partial charge in [-0.3, -0.25) is 14.2 Å². The highest BCUT2D eigenvalue weighted by atomic mass is 32.1. The molecule has 0 saturated heterocycles. The van der Waals surface area contributed by atoms with Crippen LogP contribution in [0.1, 0.15) is 38.1 Å². The minimum absolute atomic E-state index is 0.132. The van der Waals surface area contributed by atoms with Crippen molar-refractivity contribution in [2.75, 3.05) is 20.2 Å². The van der Waals surface area contributed by atoms with Crippen LogP contribution in [0.2, 0.25) is 0 Å². The molecule has 1 aromatic carbocycles. The van der Waals surface area contributed by atoms with Gasteiger partial charge < -0.3 is 14.1 Å². The third-order valence-electron chi connectivity index (χ3n) is 5.55. The second-order valence-electron chi connectivity index (χ2n) is 7.32. The Kier molecular flexibility index (Phi) is 6.14. The zero-order valence-electron chi connectivity index (χ0n) is 18.5.